The molecule has 6 heteroatoms. The van der Waals surface area contributed by atoms with Gasteiger partial charge in [0.2, 0.25) is 0 Å². The maximum atomic E-state index is 11.9. The molecule has 0 amide bonds. The Morgan fingerprint density at radius 1 is 1.40 bits per heavy atom. The zero-order valence-electron chi connectivity index (χ0n) is 7.93. The molecule has 0 aromatic heterocycles. The summed E-state index contributed by atoms with van der Waals surface area (Å²) < 4.78 is 11.9. The van der Waals surface area contributed by atoms with Crippen LogP contribution in [0, 0.1) is 10.1 Å². The smallest absolute Gasteiger partial charge is 0.269 e. The predicted molar refractivity (Wildman–Crippen MR) is 57.9 cm³/mol. The Kier molecular flexibility index (Phi) is 5.81. The van der Waals surface area contributed by atoms with E-state index in [2.05, 4.69) is 0 Å². The van der Waals surface area contributed by atoms with Gasteiger partial charge in [-0.15, -0.1) is 12.4 Å². The van der Waals surface area contributed by atoms with Gasteiger partial charge >= 0.3 is 0 Å². The summed E-state index contributed by atoms with van der Waals surface area (Å²) in [5, 5.41) is 10.3. The Morgan fingerprint density at radius 2 is 1.93 bits per heavy atom. The van der Waals surface area contributed by atoms with E-state index in [1.807, 2.05) is 0 Å². The van der Waals surface area contributed by atoms with Crippen molar-refractivity contribution in [1.82, 2.24) is 0 Å². The number of nitrogens with two attached hydrogens (primary N) is 1. The molecular weight excluding hydrogens is 223 g/mol. The van der Waals surface area contributed by atoms with Crippen LogP contribution < -0.4 is 5.73 Å². The first kappa shape index (κ1) is 13.8. The van der Waals surface area contributed by atoms with Crippen LogP contribution in [0.4, 0.5) is 10.1 Å². The number of hydrogen-bond donors (Lipinski definition) is 1. The summed E-state index contributed by atoms with van der Waals surface area (Å²) in [5.41, 5.74) is 6.35. The zero-order valence-corrected chi connectivity index (χ0v) is 8.74. The first-order valence-electron chi connectivity index (χ1n) is 4.21. The SMILES string of the molecule is Cl.N[C@H](CCF)c1ccc([N+](=O)[O-])cc1. The first-order valence-corrected chi connectivity index (χ1v) is 4.21. The largest absolute Gasteiger partial charge is 0.324 e. The van der Waals surface area contributed by atoms with Gasteiger partial charge in [-0.25, -0.2) is 0 Å². The zero-order chi connectivity index (χ0) is 10.6. The van der Waals surface area contributed by atoms with Gasteiger partial charge in [-0.2, -0.15) is 0 Å². The molecule has 0 saturated heterocycles. The number of hydrogen-bond acceptors (Lipinski definition) is 3. The summed E-state index contributed by atoms with van der Waals surface area (Å²) >= 11 is 0. The lowest BCUT2D eigenvalue weighted by atomic mass is 10.1. The average Bonchev–Trinajstić information content (AvgIpc) is 2.18. The molecule has 4 nitrogen and oxygen atoms in total. The van der Waals surface area contributed by atoms with E-state index in [0.717, 1.165) is 0 Å². The molecule has 1 aromatic carbocycles. The normalized spacial score (nSPS) is 11.6. The molecule has 0 spiro atoms. The van der Waals surface area contributed by atoms with Gasteiger partial charge in [-0.05, 0) is 12.0 Å². The second-order valence-corrected chi connectivity index (χ2v) is 2.93. The van der Waals surface area contributed by atoms with Gasteiger partial charge in [0.15, 0.2) is 0 Å². The molecule has 15 heavy (non-hydrogen) atoms. The van der Waals surface area contributed by atoms with Crippen LogP contribution in [-0.4, -0.2) is 11.6 Å². The molecule has 0 fully saturated rings. The van der Waals surface area contributed by atoms with Crippen LogP contribution >= 0.6 is 12.4 Å². The maximum Gasteiger partial charge on any atom is 0.269 e. The molecule has 1 atom stereocenters. The summed E-state index contributed by atoms with van der Waals surface area (Å²) in [7, 11) is 0. The van der Waals surface area contributed by atoms with Gasteiger partial charge in [0.1, 0.15) is 0 Å². The van der Waals surface area contributed by atoms with E-state index in [4.69, 9.17) is 5.73 Å². The topological polar surface area (TPSA) is 69.2 Å². The van der Waals surface area contributed by atoms with E-state index in [1.165, 1.54) is 12.1 Å². The Morgan fingerprint density at radius 3 is 2.33 bits per heavy atom. The number of non-ortho nitro benzene ring substituents is 1. The highest BCUT2D eigenvalue weighted by molar-refractivity contribution is 5.85. The van der Waals surface area contributed by atoms with Crippen molar-refractivity contribution in [2.75, 3.05) is 6.67 Å². The third kappa shape index (κ3) is 3.81. The summed E-state index contributed by atoms with van der Waals surface area (Å²) in [4.78, 5) is 9.84. The van der Waals surface area contributed by atoms with Crippen LogP contribution in [-0.2, 0) is 0 Å². The molecule has 1 rings (SSSR count). The lowest BCUT2D eigenvalue weighted by molar-refractivity contribution is -0.384. The van der Waals surface area contributed by atoms with Crippen molar-refractivity contribution in [3.05, 3.63) is 39.9 Å². The number of nitrogens with zero attached hydrogens (tertiary/aromatic N) is 1. The van der Waals surface area contributed by atoms with Gasteiger partial charge < -0.3 is 5.73 Å². The highest BCUT2D eigenvalue weighted by Gasteiger charge is 2.08. The van der Waals surface area contributed by atoms with E-state index in [9.17, 15) is 14.5 Å². The second-order valence-electron chi connectivity index (χ2n) is 2.93. The molecule has 0 aliphatic heterocycles. The fourth-order valence-electron chi connectivity index (χ4n) is 1.13. The summed E-state index contributed by atoms with van der Waals surface area (Å²) in [6.07, 6.45) is 0.234. The van der Waals surface area contributed by atoms with Crippen molar-refractivity contribution in [1.29, 1.82) is 0 Å². The molecule has 0 heterocycles. The Balaban J connectivity index is 0.00000196. The van der Waals surface area contributed by atoms with Crippen LogP contribution in [0.3, 0.4) is 0 Å². The first-order chi connectivity index (χ1) is 6.65. The number of nitro groups is 1. The van der Waals surface area contributed by atoms with Crippen molar-refractivity contribution in [2.45, 2.75) is 12.5 Å². The maximum absolute atomic E-state index is 11.9. The summed E-state index contributed by atoms with van der Waals surface area (Å²) in [5.74, 6) is 0. The van der Waals surface area contributed by atoms with E-state index < -0.39 is 11.6 Å². The van der Waals surface area contributed by atoms with Gasteiger partial charge in [0.05, 0.1) is 11.6 Å². The van der Waals surface area contributed by atoms with Gasteiger partial charge in [-0.1, -0.05) is 12.1 Å². The van der Waals surface area contributed by atoms with Crippen molar-refractivity contribution in [3.8, 4) is 0 Å². The van der Waals surface area contributed by atoms with Crippen LogP contribution in [0.2, 0.25) is 0 Å². The lowest BCUT2D eigenvalue weighted by Crippen LogP contribution is -2.10. The monoisotopic (exact) mass is 234 g/mol. The number of benzene rings is 1. The minimum Gasteiger partial charge on any atom is -0.324 e. The fourth-order valence-corrected chi connectivity index (χ4v) is 1.13. The highest BCUT2D eigenvalue weighted by atomic mass is 35.5. The molecular formula is C9H12ClFN2O2. The quantitative estimate of drug-likeness (QED) is 0.642. The van der Waals surface area contributed by atoms with Crippen LogP contribution in [0.25, 0.3) is 0 Å². The van der Waals surface area contributed by atoms with Gasteiger partial charge in [-0.3, -0.25) is 14.5 Å². The van der Waals surface area contributed by atoms with Crippen molar-refractivity contribution in [2.24, 2.45) is 5.73 Å². The standard InChI is InChI=1S/C9H11FN2O2.ClH/c10-6-5-9(11)7-1-3-8(4-2-7)12(13)14;/h1-4,9H,5-6,11H2;1H/t9-;/m1./s1. The Bertz CT molecular complexity index is 318. The van der Waals surface area contributed by atoms with Crippen molar-refractivity contribution >= 4 is 18.1 Å². The van der Waals surface area contributed by atoms with Gasteiger partial charge in [0.25, 0.3) is 5.69 Å². The Labute approximate surface area is 92.8 Å². The fraction of sp³-hybridized carbons (Fsp3) is 0.333. The molecule has 0 aliphatic carbocycles. The highest BCUT2D eigenvalue weighted by Crippen LogP contribution is 2.18. The number of rotatable bonds is 4. The minimum atomic E-state index is -0.488. The average molecular weight is 235 g/mol. The third-order valence-corrected chi connectivity index (χ3v) is 1.95. The molecule has 0 aliphatic rings. The summed E-state index contributed by atoms with van der Waals surface area (Å²) in [6, 6.07) is 5.46. The van der Waals surface area contributed by atoms with E-state index in [0.29, 0.717) is 5.56 Å². The molecule has 84 valence electrons. The van der Waals surface area contributed by atoms with E-state index in [1.54, 1.807) is 12.1 Å². The number of halogens is 2. The van der Waals surface area contributed by atoms with Crippen LogP contribution in [0.1, 0.15) is 18.0 Å². The second kappa shape index (κ2) is 6.31. The minimum absolute atomic E-state index is 0. The molecule has 0 bridgehead atoms. The molecule has 2 N–H and O–H groups in total. The van der Waals surface area contributed by atoms with Crippen molar-refractivity contribution in [3.63, 3.8) is 0 Å². The predicted octanol–water partition coefficient (Wildman–Crippen LogP) is 2.38. The van der Waals surface area contributed by atoms with Gasteiger partial charge in [0, 0.05) is 18.2 Å². The Hall–Kier alpha value is -1.20. The van der Waals surface area contributed by atoms with E-state index >= 15 is 0 Å². The third-order valence-electron chi connectivity index (χ3n) is 1.95. The molecule has 0 unspecified atom stereocenters. The number of alkyl halides is 1. The molecule has 0 radical (unpaired) electrons. The molecule has 0 saturated carbocycles. The van der Waals surface area contributed by atoms with Crippen LogP contribution in [0.15, 0.2) is 24.3 Å². The summed E-state index contributed by atoms with van der Waals surface area (Å²) in [6.45, 7) is -0.488. The molecule has 1 aromatic rings. The van der Waals surface area contributed by atoms with Crippen molar-refractivity contribution < 1.29 is 9.31 Å². The number of nitro benzene ring substituents is 1. The van der Waals surface area contributed by atoms with E-state index in [-0.39, 0.29) is 30.6 Å². The lowest BCUT2D eigenvalue weighted by Gasteiger charge is -2.08. The van der Waals surface area contributed by atoms with Crippen LogP contribution in [0.5, 0.6) is 0 Å².